The highest BCUT2D eigenvalue weighted by atomic mass is 32.2. The van der Waals surface area contributed by atoms with Crippen LogP contribution in [0.5, 0.6) is 0 Å². The number of para-hydroxylation sites is 1. The first-order valence-corrected chi connectivity index (χ1v) is 9.10. The summed E-state index contributed by atoms with van der Waals surface area (Å²) in [6, 6.07) is 12.6. The SMILES string of the molecule is CC(=O)Nc1ccc(C(=O)CSc2nc(C(F)(F)F)nc3ccccc23)cc1. The minimum Gasteiger partial charge on any atom is -0.326 e. The third-order valence-corrected chi connectivity index (χ3v) is 4.68. The Morgan fingerprint density at radius 3 is 2.36 bits per heavy atom. The van der Waals surface area contributed by atoms with Crippen molar-refractivity contribution in [2.45, 2.75) is 18.1 Å². The van der Waals surface area contributed by atoms with Gasteiger partial charge >= 0.3 is 6.18 Å². The van der Waals surface area contributed by atoms with E-state index in [0.717, 1.165) is 11.8 Å². The largest absolute Gasteiger partial charge is 0.451 e. The molecule has 0 atom stereocenters. The molecule has 1 aromatic heterocycles. The number of anilines is 1. The highest BCUT2D eigenvalue weighted by Gasteiger charge is 2.35. The molecule has 0 aliphatic heterocycles. The molecule has 28 heavy (non-hydrogen) atoms. The predicted octanol–water partition coefficient (Wildman–Crippen LogP) is 4.58. The van der Waals surface area contributed by atoms with Crippen molar-refractivity contribution in [2.75, 3.05) is 11.1 Å². The Morgan fingerprint density at radius 2 is 1.71 bits per heavy atom. The molecule has 144 valence electrons. The van der Waals surface area contributed by atoms with E-state index in [0.29, 0.717) is 16.6 Å². The van der Waals surface area contributed by atoms with Gasteiger partial charge in [0.2, 0.25) is 11.7 Å². The molecule has 0 fully saturated rings. The maximum absolute atomic E-state index is 13.1. The molecule has 0 saturated heterocycles. The minimum atomic E-state index is -4.68. The number of nitrogens with one attached hydrogen (secondary N) is 1. The fourth-order valence-corrected chi connectivity index (χ4v) is 3.36. The normalized spacial score (nSPS) is 11.4. The second-order valence-corrected chi connectivity index (χ2v) is 6.80. The molecule has 5 nitrogen and oxygen atoms in total. The van der Waals surface area contributed by atoms with Crippen LogP contribution in [0.15, 0.2) is 53.6 Å². The fraction of sp³-hybridized carbons (Fsp3) is 0.158. The van der Waals surface area contributed by atoms with Gasteiger partial charge in [0.15, 0.2) is 5.78 Å². The van der Waals surface area contributed by atoms with E-state index >= 15 is 0 Å². The number of halogens is 3. The van der Waals surface area contributed by atoms with E-state index in [-0.39, 0.29) is 28.0 Å². The van der Waals surface area contributed by atoms with Crippen LogP contribution in [0.3, 0.4) is 0 Å². The van der Waals surface area contributed by atoms with Crippen molar-refractivity contribution >= 4 is 40.0 Å². The summed E-state index contributed by atoms with van der Waals surface area (Å²) in [5.74, 6) is -1.82. The summed E-state index contributed by atoms with van der Waals surface area (Å²) in [5, 5.41) is 3.14. The Balaban J connectivity index is 1.81. The number of thioether (sulfide) groups is 1. The first-order chi connectivity index (χ1) is 13.2. The van der Waals surface area contributed by atoms with Gasteiger partial charge < -0.3 is 5.32 Å². The van der Waals surface area contributed by atoms with E-state index in [1.807, 2.05) is 0 Å². The maximum Gasteiger partial charge on any atom is 0.451 e. The van der Waals surface area contributed by atoms with Gasteiger partial charge in [-0.05, 0) is 30.3 Å². The van der Waals surface area contributed by atoms with Crippen molar-refractivity contribution in [3.8, 4) is 0 Å². The molecule has 0 bridgehead atoms. The molecular weight excluding hydrogens is 391 g/mol. The van der Waals surface area contributed by atoms with E-state index in [2.05, 4.69) is 15.3 Å². The second-order valence-electron chi connectivity index (χ2n) is 5.84. The highest BCUT2D eigenvalue weighted by Crippen LogP contribution is 2.32. The number of carbonyl (C=O) groups excluding carboxylic acids is 2. The number of hydrogen-bond acceptors (Lipinski definition) is 5. The quantitative estimate of drug-likeness (QED) is 0.382. The summed E-state index contributed by atoms with van der Waals surface area (Å²) < 4.78 is 39.2. The van der Waals surface area contributed by atoms with E-state index in [1.165, 1.54) is 13.0 Å². The Hall–Kier alpha value is -2.94. The van der Waals surface area contributed by atoms with Crippen LogP contribution in [0.1, 0.15) is 23.1 Å². The van der Waals surface area contributed by atoms with Gasteiger partial charge in [-0.15, -0.1) is 0 Å². The molecule has 2 aromatic carbocycles. The van der Waals surface area contributed by atoms with Gasteiger partial charge in [0, 0.05) is 23.6 Å². The van der Waals surface area contributed by atoms with Gasteiger partial charge in [0.05, 0.1) is 11.3 Å². The summed E-state index contributed by atoms with van der Waals surface area (Å²) in [7, 11) is 0. The lowest BCUT2D eigenvalue weighted by Crippen LogP contribution is -2.12. The van der Waals surface area contributed by atoms with Crippen molar-refractivity contribution in [1.29, 1.82) is 0 Å². The topological polar surface area (TPSA) is 72.0 Å². The van der Waals surface area contributed by atoms with Gasteiger partial charge in [0.25, 0.3) is 0 Å². The third kappa shape index (κ3) is 4.66. The molecule has 0 saturated carbocycles. The van der Waals surface area contributed by atoms with Crippen molar-refractivity contribution in [1.82, 2.24) is 9.97 Å². The van der Waals surface area contributed by atoms with E-state index in [4.69, 9.17) is 0 Å². The first-order valence-electron chi connectivity index (χ1n) is 8.11. The monoisotopic (exact) mass is 405 g/mol. The molecule has 1 heterocycles. The zero-order valence-electron chi connectivity index (χ0n) is 14.6. The zero-order valence-corrected chi connectivity index (χ0v) is 15.4. The number of benzene rings is 2. The molecule has 0 radical (unpaired) electrons. The standard InChI is InChI=1S/C19H14F3N3O2S/c1-11(26)23-13-8-6-12(7-9-13)16(27)10-28-17-14-4-2-3-5-15(14)24-18(25-17)19(20,21)22/h2-9H,10H2,1H3,(H,23,26). The number of nitrogens with zero attached hydrogens (tertiary/aromatic N) is 2. The number of fused-ring (bicyclic) bond motifs is 1. The van der Waals surface area contributed by atoms with Crippen LogP contribution in [0.25, 0.3) is 10.9 Å². The Kier molecular flexibility index (Phi) is 5.64. The van der Waals surface area contributed by atoms with Crippen molar-refractivity contribution in [3.63, 3.8) is 0 Å². The molecule has 1 amide bonds. The molecular formula is C19H14F3N3O2S. The molecule has 0 aliphatic carbocycles. The fourth-order valence-electron chi connectivity index (χ4n) is 2.44. The van der Waals surface area contributed by atoms with Crippen molar-refractivity contribution < 1.29 is 22.8 Å². The molecule has 9 heteroatoms. The summed E-state index contributed by atoms with van der Waals surface area (Å²) in [4.78, 5) is 30.6. The first kappa shape index (κ1) is 19.8. The second kappa shape index (κ2) is 7.97. The Bertz CT molecular complexity index is 1040. The number of ketones is 1. The van der Waals surface area contributed by atoms with Gasteiger partial charge in [-0.2, -0.15) is 13.2 Å². The molecule has 0 aliphatic rings. The number of aromatic nitrogens is 2. The molecule has 3 aromatic rings. The van der Waals surface area contributed by atoms with Crippen molar-refractivity contribution in [3.05, 3.63) is 59.9 Å². The van der Waals surface area contributed by atoms with Gasteiger partial charge in [0.1, 0.15) is 5.03 Å². The molecule has 3 rings (SSSR count). The third-order valence-electron chi connectivity index (χ3n) is 3.69. The smallest absolute Gasteiger partial charge is 0.326 e. The number of alkyl halides is 3. The number of hydrogen-bond donors (Lipinski definition) is 1. The van der Waals surface area contributed by atoms with Crippen LogP contribution >= 0.6 is 11.8 Å². The van der Waals surface area contributed by atoms with E-state index in [1.54, 1.807) is 42.5 Å². The van der Waals surface area contributed by atoms with Gasteiger partial charge in [-0.1, -0.05) is 30.0 Å². The lowest BCUT2D eigenvalue weighted by atomic mass is 10.1. The van der Waals surface area contributed by atoms with Crippen molar-refractivity contribution in [2.24, 2.45) is 0 Å². The molecule has 0 unspecified atom stereocenters. The highest BCUT2D eigenvalue weighted by molar-refractivity contribution is 8.00. The lowest BCUT2D eigenvalue weighted by Gasteiger charge is -2.10. The van der Waals surface area contributed by atoms with Crippen LogP contribution in [-0.2, 0) is 11.0 Å². The number of rotatable bonds is 5. The van der Waals surface area contributed by atoms with Gasteiger partial charge in [-0.3, -0.25) is 9.59 Å². The van der Waals surface area contributed by atoms with Crippen LogP contribution in [-0.4, -0.2) is 27.4 Å². The van der Waals surface area contributed by atoms with Crippen LogP contribution in [0.2, 0.25) is 0 Å². The summed E-state index contributed by atoms with van der Waals surface area (Å²) in [5.41, 5.74) is 1.10. The minimum absolute atomic E-state index is 0.0855. The van der Waals surface area contributed by atoms with Crippen LogP contribution in [0, 0.1) is 0 Å². The Morgan fingerprint density at radius 1 is 1.04 bits per heavy atom. The number of Topliss-reactive ketones (excluding diaryl/α,β-unsaturated/α-hetero) is 1. The lowest BCUT2D eigenvalue weighted by molar-refractivity contribution is -0.145. The molecule has 0 spiro atoms. The van der Waals surface area contributed by atoms with Gasteiger partial charge in [-0.25, -0.2) is 9.97 Å². The van der Waals surface area contributed by atoms with E-state index in [9.17, 15) is 22.8 Å². The summed E-state index contributed by atoms with van der Waals surface area (Å²) >= 11 is 0.928. The number of amides is 1. The van der Waals surface area contributed by atoms with Crippen LogP contribution in [0.4, 0.5) is 18.9 Å². The average Bonchev–Trinajstić information content (AvgIpc) is 2.65. The average molecular weight is 405 g/mol. The number of carbonyl (C=O) groups is 2. The molecule has 1 N–H and O–H groups in total. The Labute approximate surface area is 162 Å². The predicted molar refractivity (Wildman–Crippen MR) is 100 cm³/mol. The zero-order chi connectivity index (χ0) is 20.3. The van der Waals surface area contributed by atoms with E-state index < -0.39 is 12.0 Å². The summed E-state index contributed by atoms with van der Waals surface area (Å²) in [6.45, 7) is 1.37. The van der Waals surface area contributed by atoms with Crippen LogP contribution < -0.4 is 5.32 Å². The maximum atomic E-state index is 13.1. The summed E-state index contributed by atoms with van der Waals surface area (Å²) in [6.07, 6.45) is -4.68.